The first kappa shape index (κ1) is 14.6. The lowest BCUT2D eigenvalue weighted by Gasteiger charge is -2.22. The van der Waals surface area contributed by atoms with Crippen molar-refractivity contribution in [3.05, 3.63) is 34.4 Å². The summed E-state index contributed by atoms with van der Waals surface area (Å²) >= 11 is 0. The molecule has 0 aromatic heterocycles. The Balaban J connectivity index is 2.18. The van der Waals surface area contributed by atoms with Gasteiger partial charge < -0.3 is 10.0 Å². The number of aryl methyl sites for hydroxylation is 3. The molecule has 1 heterocycles. The molecule has 1 aromatic carbocycles. The maximum absolute atomic E-state index is 12.4. The summed E-state index contributed by atoms with van der Waals surface area (Å²) in [6.45, 7) is 6.59. The molecule has 1 amide bonds. The summed E-state index contributed by atoms with van der Waals surface area (Å²) in [7, 11) is 0. The molecule has 1 N–H and O–H groups in total. The van der Waals surface area contributed by atoms with Crippen LogP contribution < -0.4 is 0 Å². The third-order valence-electron chi connectivity index (χ3n) is 4.03. The van der Waals surface area contributed by atoms with Crippen LogP contribution in [0, 0.1) is 20.8 Å². The lowest BCUT2D eigenvalue weighted by atomic mass is 9.97. The lowest BCUT2D eigenvalue weighted by molar-refractivity contribution is -0.148. The summed E-state index contributed by atoms with van der Waals surface area (Å²) in [4.78, 5) is 25.1. The average molecular weight is 275 g/mol. The second-order valence-corrected chi connectivity index (χ2v) is 5.64. The Morgan fingerprint density at radius 2 is 1.85 bits per heavy atom. The summed E-state index contributed by atoms with van der Waals surface area (Å²) < 4.78 is 0. The van der Waals surface area contributed by atoms with Gasteiger partial charge in [0.2, 0.25) is 5.91 Å². The van der Waals surface area contributed by atoms with Gasteiger partial charge in [0.1, 0.15) is 6.04 Å². The minimum atomic E-state index is -0.895. The summed E-state index contributed by atoms with van der Waals surface area (Å²) in [5.74, 6) is -0.974. The number of hydrogen-bond acceptors (Lipinski definition) is 2. The summed E-state index contributed by atoms with van der Waals surface area (Å²) in [5, 5.41) is 9.15. The number of nitrogens with zero attached hydrogens (tertiary/aromatic N) is 1. The Bertz CT molecular complexity index is 528. The molecule has 0 saturated carbocycles. The number of aliphatic carboxylic acids is 1. The highest BCUT2D eigenvalue weighted by molar-refractivity contribution is 5.86. The monoisotopic (exact) mass is 275 g/mol. The van der Waals surface area contributed by atoms with Crippen LogP contribution in [0.15, 0.2) is 12.1 Å². The minimum absolute atomic E-state index is 0.0787. The normalized spacial score (nSPS) is 18.4. The molecule has 20 heavy (non-hydrogen) atoms. The first-order chi connectivity index (χ1) is 9.40. The highest BCUT2D eigenvalue weighted by Crippen LogP contribution is 2.22. The maximum Gasteiger partial charge on any atom is 0.326 e. The molecule has 4 nitrogen and oxygen atoms in total. The fraction of sp³-hybridized carbons (Fsp3) is 0.500. The Morgan fingerprint density at radius 3 is 2.40 bits per heavy atom. The third-order valence-corrected chi connectivity index (χ3v) is 4.03. The van der Waals surface area contributed by atoms with E-state index in [4.69, 9.17) is 5.11 Å². The van der Waals surface area contributed by atoms with E-state index in [-0.39, 0.29) is 5.91 Å². The number of rotatable bonds is 3. The van der Waals surface area contributed by atoms with E-state index in [0.717, 1.165) is 23.1 Å². The van der Waals surface area contributed by atoms with Crippen molar-refractivity contribution in [1.82, 2.24) is 4.90 Å². The summed E-state index contributed by atoms with van der Waals surface area (Å²) in [6.07, 6.45) is 1.63. The van der Waals surface area contributed by atoms with Gasteiger partial charge in [-0.1, -0.05) is 17.7 Å². The first-order valence-electron chi connectivity index (χ1n) is 6.99. The fourth-order valence-electron chi connectivity index (χ4n) is 3.06. The van der Waals surface area contributed by atoms with E-state index in [9.17, 15) is 9.59 Å². The maximum atomic E-state index is 12.4. The molecule has 1 aromatic rings. The quantitative estimate of drug-likeness (QED) is 0.920. The molecule has 1 aliphatic heterocycles. The number of likely N-dealkylation sites (tertiary alicyclic amines) is 1. The lowest BCUT2D eigenvalue weighted by Crippen LogP contribution is -2.41. The van der Waals surface area contributed by atoms with Gasteiger partial charge in [0.15, 0.2) is 0 Å². The van der Waals surface area contributed by atoms with Gasteiger partial charge in [-0.25, -0.2) is 4.79 Å². The second-order valence-electron chi connectivity index (χ2n) is 5.64. The predicted octanol–water partition coefficient (Wildman–Crippen LogP) is 2.23. The van der Waals surface area contributed by atoms with E-state index in [1.54, 1.807) is 0 Å². The number of carboxylic acid groups (broad SMARTS) is 1. The number of carbonyl (C=O) groups is 2. The zero-order valence-electron chi connectivity index (χ0n) is 12.3. The van der Waals surface area contributed by atoms with E-state index in [0.29, 0.717) is 19.4 Å². The van der Waals surface area contributed by atoms with Gasteiger partial charge in [0, 0.05) is 6.54 Å². The van der Waals surface area contributed by atoms with E-state index in [1.165, 1.54) is 10.5 Å². The number of benzene rings is 1. The van der Waals surface area contributed by atoms with E-state index in [1.807, 2.05) is 20.8 Å². The van der Waals surface area contributed by atoms with Crippen molar-refractivity contribution in [3.63, 3.8) is 0 Å². The van der Waals surface area contributed by atoms with Crippen molar-refractivity contribution in [3.8, 4) is 0 Å². The highest BCUT2D eigenvalue weighted by Gasteiger charge is 2.33. The standard InChI is InChI=1S/C16H21NO3/c1-10-7-11(2)13(12(3)8-10)9-15(18)17-6-4-5-14(17)16(19)20/h7-8,14H,4-6,9H2,1-3H3,(H,19,20)/t14-/m0/s1. The Kier molecular flexibility index (Phi) is 4.12. The van der Waals surface area contributed by atoms with E-state index >= 15 is 0 Å². The van der Waals surface area contributed by atoms with Crippen molar-refractivity contribution in [2.75, 3.05) is 6.54 Å². The van der Waals surface area contributed by atoms with Crippen LogP contribution in [-0.2, 0) is 16.0 Å². The molecule has 1 fully saturated rings. The second kappa shape index (κ2) is 5.65. The van der Waals surface area contributed by atoms with Crippen LogP contribution in [0.1, 0.15) is 35.1 Å². The molecular weight excluding hydrogens is 254 g/mol. The van der Waals surface area contributed by atoms with Crippen molar-refractivity contribution in [2.45, 2.75) is 46.1 Å². The highest BCUT2D eigenvalue weighted by atomic mass is 16.4. The smallest absolute Gasteiger partial charge is 0.326 e. The van der Waals surface area contributed by atoms with Gasteiger partial charge in [-0.15, -0.1) is 0 Å². The summed E-state index contributed by atoms with van der Waals surface area (Å²) in [6, 6.07) is 3.48. The Morgan fingerprint density at radius 1 is 1.25 bits per heavy atom. The molecule has 2 rings (SSSR count). The molecule has 0 spiro atoms. The largest absolute Gasteiger partial charge is 0.480 e. The molecular formula is C16H21NO3. The van der Waals surface area contributed by atoms with Crippen LogP contribution in [0.2, 0.25) is 0 Å². The number of hydrogen-bond donors (Lipinski definition) is 1. The first-order valence-corrected chi connectivity index (χ1v) is 6.99. The van der Waals surface area contributed by atoms with Gasteiger partial charge in [0.25, 0.3) is 0 Å². The van der Waals surface area contributed by atoms with Crippen LogP contribution in [0.25, 0.3) is 0 Å². The minimum Gasteiger partial charge on any atom is -0.480 e. The van der Waals surface area contributed by atoms with Crippen molar-refractivity contribution >= 4 is 11.9 Å². The average Bonchev–Trinajstić information content (AvgIpc) is 2.82. The molecule has 108 valence electrons. The topological polar surface area (TPSA) is 57.6 Å². The molecule has 1 saturated heterocycles. The van der Waals surface area contributed by atoms with Crippen molar-refractivity contribution in [1.29, 1.82) is 0 Å². The number of carboxylic acids is 1. The zero-order valence-corrected chi connectivity index (χ0v) is 12.3. The molecule has 0 radical (unpaired) electrons. The van der Waals surface area contributed by atoms with Gasteiger partial charge in [-0.3, -0.25) is 4.79 Å². The Labute approximate surface area is 119 Å². The molecule has 0 unspecified atom stereocenters. The third kappa shape index (κ3) is 2.84. The van der Waals surface area contributed by atoms with Crippen molar-refractivity contribution < 1.29 is 14.7 Å². The number of carbonyl (C=O) groups excluding carboxylic acids is 1. The van der Waals surface area contributed by atoms with E-state index in [2.05, 4.69) is 12.1 Å². The van der Waals surface area contributed by atoms with Crippen LogP contribution in [0.5, 0.6) is 0 Å². The fourth-order valence-corrected chi connectivity index (χ4v) is 3.06. The van der Waals surface area contributed by atoms with Gasteiger partial charge in [-0.2, -0.15) is 0 Å². The van der Waals surface area contributed by atoms with Crippen LogP contribution in [-0.4, -0.2) is 34.5 Å². The molecule has 1 aliphatic rings. The molecule has 1 atom stereocenters. The predicted molar refractivity (Wildman–Crippen MR) is 76.7 cm³/mol. The molecule has 0 aliphatic carbocycles. The van der Waals surface area contributed by atoms with Gasteiger partial charge >= 0.3 is 5.97 Å². The van der Waals surface area contributed by atoms with Crippen LogP contribution in [0.4, 0.5) is 0 Å². The van der Waals surface area contributed by atoms with Crippen LogP contribution in [0.3, 0.4) is 0 Å². The number of amides is 1. The Hall–Kier alpha value is -1.84. The van der Waals surface area contributed by atoms with Crippen molar-refractivity contribution in [2.24, 2.45) is 0 Å². The van der Waals surface area contributed by atoms with Gasteiger partial charge in [-0.05, 0) is 50.3 Å². The zero-order chi connectivity index (χ0) is 14.9. The SMILES string of the molecule is Cc1cc(C)c(CC(=O)N2CCC[C@H]2C(=O)O)c(C)c1. The van der Waals surface area contributed by atoms with Gasteiger partial charge in [0.05, 0.1) is 6.42 Å². The summed E-state index contributed by atoms with van der Waals surface area (Å²) in [5.41, 5.74) is 4.40. The molecule has 4 heteroatoms. The van der Waals surface area contributed by atoms with E-state index < -0.39 is 12.0 Å². The molecule has 0 bridgehead atoms. The van der Waals surface area contributed by atoms with Crippen LogP contribution >= 0.6 is 0 Å².